The maximum atomic E-state index is 11.1. The van der Waals surface area contributed by atoms with Crippen LogP contribution in [0.3, 0.4) is 0 Å². The smallest absolute Gasteiger partial charge is 0.264 e. The first-order chi connectivity index (χ1) is 13.9. The molecular formula is C22H48NO5S+. The molecule has 0 aliphatic heterocycles. The molecule has 0 aliphatic carbocycles. The topological polar surface area (TPSA) is 72.8 Å². The van der Waals surface area contributed by atoms with Gasteiger partial charge < -0.3 is 14.0 Å². The Morgan fingerprint density at radius 1 is 0.655 bits per heavy atom. The van der Waals surface area contributed by atoms with E-state index in [1.165, 1.54) is 51.4 Å². The van der Waals surface area contributed by atoms with Crippen LogP contribution in [0.4, 0.5) is 0 Å². The zero-order valence-electron chi connectivity index (χ0n) is 19.4. The van der Waals surface area contributed by atoms with Gasteiger partial charge in [-0.05, 0) is 45.4 Å². The lowest BCUT2D eigenvalue weighted by Gasteiger charge is -2.39. The van der Waals surface area contributed by atoms with Gasteiger partial charge in [0.05, 0.1) is 45.2 Å². The van der Waals surface area contributed by atoms with Crippen molar-refractivity contribution in [3.05, 3.63) is 0 Å². The summed E-state index contributed by atoms with van der Waals surface area (Å²) in [6.45, 7) is 13.3. The Morgan fingerprint density at radius 3 is 1.66 bits per heavy atom. The summed E-state index contributed by atoms with van der Waals surface area (Å²) in [4.78, 5) is 0. The van der Waals surface area contributed by atoms with E-state index in [0.29, 0.717) is 32.8 Å². The van der Waals surface area contributed by atoms with Crippen molar-refractivity contribution in [2.24, 2.45) is 0 Å². The second-order valence-electron chi connectivity index (χ2n) is 8.16. The molecule has 0 aromatic rings. The van der Waals surface area contributed by atoms with E-state index in [1.54, 1.807) is 0 Å². The van der Waals surface area contributed by atoms with Gasteiger partial charge in [-0.1, -0.05) is 39.5 Å². The number of quaternary nitrogens is 1. The summed E-state index contributed by atoms with van der Waals surface area (Å²) >= 11 is 0. The van der Waals surface area contributed by atoms with E-state index in [4.69, 9.17) is 14.0 Å². The van der Waals surface area contributed by atoms with E-state index in [9.17, 15) is 8.42 Å². The van der Waals surface area contributed by atoms with Crippen LogP contribution in [0.2, 0.25) is 0 Å². The Hall–Kier alpha value is -0.210. The zero-order chi connectivity index (χ0) is 21.8. The molecular weight excluding hydrogens is 390 g/mol. The van der Waals surface area contributed by atoms with Crippen LogP contribution in [0, 0.1) is 0 Å². The molecule has 0 spiro atoms. The van der Waals surface area contributed by atoms with Gasteiger partial charge in [0.25, 0.3) is 10.1 Å². The van der Waals surface area contributed by atoms with Crippen LogP contribution in [0.25, 0.3) is 0 Å². The van der Waals surface area contributed by atoms with Crippen LogP contribution >= 0.6 is 0 Å². The summed E-state index contributed by atoms with van der Waals surface area (Å²) in [6, 6.07) is 0. The molecule has 1 N–H and O–H groups in total. The van der Waals surface area contributed by atoms with Gasteiger partial charge in [0.2, 0.25) is 0 Å². The Kier molecular flexibility index (Phi) is 18.4. The van der Waals surface area contributed by atoms with Crippen molar-refractivity contribution in [3.63, 3.8) is 0 Å². The van der Waals surface area contributed by atoms with Gasteiger partial charge in [-0.2, -0.15) is 8.42 Å². The van der Waals surface area contributed by atoms with Crippen LogP contribution in [0.15, 0.2) is 0 Å². The van der Waals surface area contributed by atoms with Crippen LogP contribution in [0.5, 0.6) is 0 Å². The molecule has 0 bridgehead atoms. The maximum Gasteiger partial charge on any atom is 0.264 e. The molecule has 0 saturated carbocycles. The zero-order valence-corrected chi connectivity index (χ0v) is 20.2. The van der Waals surface area contributed by atoms with Gasteiger partial charge in [-0.25, -0.2) is 0 Å². The highest BCUT2D eigenvalue weighted by atomic mass is 32.2. The summed E-state index contributed by atoms with van der Waals surface area (Å²) in [5.74, 6) is -0.135. The molecule has 0 aliphatic rings. The Labute approximate surface area is 180 Å². The van der Waals surface area contributed by atoms with Crippen LogP contribution in [0.1, 0.15) is 85.0 Å². The monoisotopic (exact) mass is 438 g/mol. The molecule has 0 heterocycles. The Bertz CT molecular complexity index is 444. The predicted molar refractivity (Wildman–Crippen MR) is 121 cm³/mol. The van der Waals surface area contributed by atoms with E-state index in [1.807, 2.05) is 6.92 Å². The largest absolute Gasteiger partial charge is 0.379 e. The summed E-state index contributed by atoms with van der Waals surface area (Å²) in [6.07, 6.45) is 11.2. The Balaban J connectivity index is 4.80. The molecule has 6 nitrogen and oxygen atoms in total. The fraction of sp³-hybridized carbons (Fsp3) is 1.00. The van der Waals surface area contributed by atoms with Crippen molar-refractivity contribution in [1.29, 1.82) is 0 Å². The average molecular weight is 439 g/mol. The number of hydrogen-bond acceptors (Lipinski definition) is 4. The summed E-state index contributed by atoms with van der Waals surface area (Å²) in [7, 11) is -3.87. The van der Waals surface area contributed by atoms with Gasteiger partial charge in [-0.15, -0.1) is 0 Å². The molecule has 0 amide bonds. The van der Waals surface area contributed by atoms with E-state index in [2.05, 4.69) is 13.8 Å². The van der Waals surface area contributed by atoms with Crippen molar-refractivity contribution in [3.8, 4) is 0 Å². The maximum absolute atomic E-state index is 11.1. The standard InChI is InChI=1S/C22H47NO5S/c1-4-7-9-11-15-23(16-12-10-8-5-2,17-13-14-22-29(24,25)26)18-19-28-21-20-27-6-3/h4-22H2,1-3H3/p+1. The summed E-state index contributed by atoms with van der Waals surface area (Å²) < 4.78 is 43.3. The normalized spacial score (nSPS) is 12.6. The van der Waals surface area contributed by atoms with E-state index in [-0.39, 0.29) is 5.75 Å². The van der Waals surface area contributed by atoms with Crippen LogP contribution in [-0.4, -0.2) is 75.8 Å². The first kappa shape index (κ1) is 28.8. The molecule has 0 atom stereocenters. The minimum atomic E-state index is -3.87. The molecule has 0 radical (unpaired) electrons. The number of unbranched alkanes of at least 4 members (excludes halogenated alkanes) is 7. The molecule has 29 heavy (non-hydrogen) atoms. The van der Waals surface area contributed by atoms with E-state index < -0.39 is 10.1 Å². The molecule has 0 unspecified atom stereocenters. The summed E-state index contributed by atoms with van der Waals surface area (Å²) in [5.41, 5.74) is 0. The van der Waals surface area contributed by atoms with Gasteiger partial charge in [0.15, 0.2) is 0 Å². The third-order valence-electron chi connectivity index (χ3n) is 5.54. The van der Waals surface area contributed by atoms with Gasteiger partial charge in [0.1, 0.15) is 6.54 Å². The molecule has 0 fully saturated rings. The van der Waals surface area contributed by atoms with Crippen molar-refractivity contribution in [1.82, 2.24) is 0 Å². The number of nitrogens with zero attached hydrogens (tertiary/aromatic N) is 1. The SMILES string of the molecule is CCCCCC[N+](CCCCCC)(CCCCS(=O)(=O)O)CCOCCOCC. The number of rotatable bonds is 22. The minimum Gasteiger partial charge on any atom is -0.379 e. The van der Waals surface area contributed by atoms with Crippen LogP contribution < -0.4 is 0 Å². The highest BCUT2D eigenvalue weighted by Gasteiger charge is 2.26. The second kappa shape index (κ2) is 18.6. The predicted octanol–water partition coefficient (Wildman–Crippen LogP) is 4.68. The lowest BCUT2D eigenvalue weighted by Crippen LogP contribution is -2.52. The first-order valence-corrected chi connectivity index (χ1v) is 13.5. The van der Waals surface area contributed by atoms with Crippen molar-refractivity contribution >= 4 is 10.1 Å². The summed E-state index contributed by atoms with van der Waals surface area (Å²) in [5, 5.41) is 0. The molecule has 0 rings (SSSR count). The first-order valence-electron chi connectivity index (χ1n) is 11.8. The van der Waals surface area contributed by atoms with Gasteiger partial charge >= 0.3 is 0 Å². The molecule has 7 heteroatoms. The average Bonchev–Trinajstić information content (AvgIpc) is 2.68. The molecule has 0 saturated heterocycles. The quantitative estimate of drug-likeness (QED) is 0.151. The lowest BCUT2D eigenvalue weighted by molar-refractivity contribution is -0.929. The molecule has 176 valence electrons. The van der Waals surface area contributed by atoms with Gasteiger partial charge in [0, 0.05) is 6.61 Å². The van der Waals surface area contributed by atoms with Crippen molar-refractivity contribution < 1.29 is 26.9 Å². The third-order valence-corrected chi connectivity index (χ3v) is 6.35. The molecule has 0 aromatic heterocycles. The van der Waals surface area contributed by atoms with Crippen molar-refractivity contribution in [2.45, 2.75) is 85.0 Å². The van der Waals surface area contributed by atoms with Crippen molar-refractivity contribution in [2.75, 3.05) is 58.4 Å². The Morgan fingerprint density at radius 2 is 1.17 bits per heavy atom. The van der Waals surface area contributed by atoms with Gasteiger partial charge in [-0.3, -0.25) is 4.55 Å². The fourth-order valence-electron chi connectivity index (χ4n) is 3.77. The second-order valence-corrected chi connectivity index (χ2v) is 9.73. The minimum absolute atomic E-state index is 0.135. The number of ether oxygens (including phenoxy) is 2. The van der Waals surface area contributed by atoms with E-state index in [0.717, 1.165) is 37.1 Å². The molecule has 0 aromatic carbocycles. The third kappa shape index (κ3) is 18.3. The highest BCUT2D eigenvalue weighted by Crippen LogP contribution is 2.17. The van der Waals surface area contributed by atoms with Crippen LogP contribution in [-0.2, 0) is 19.6 Å². The lowest BCUT2D eigenvalue weighted by atomic mass is 10.1. The van der Waals surface area contributed by atoms with E-state index >= 15 is 0 Å². The fourth-order valence-corrected chi connectivity index (χ4v) is 4.34. The number of hydrogen-bond donors (Lipinski definition) is 1. The highest BCUT2D eigenvalue weighted by molar-refractivity contribution is 7.85.